The molecule has 4 heteroatoms. The Morgan fingerprint density at radius 1 is 1.44 bits per heavy atom. The van der Waals surface area contributed by atoms with Gasteiger partial charge in [0.15, 0.2) is 0 Å². The van der Waals surface area contributed by atoms with Crippen LogP contribution in [-0.2, 0) is 0 Å². The average Bonchev–Trinajstić information content (AvgIpc) is 2.42. The van der Waals surface area contributed by atoms with Crippen molar-refractivity contribution in [2.45, 2.75) is 19.3 Å². The zero-order chi connectivity index (χ0) is 12.8. The van der Waals surface area contributed by atoms with Crippen LogP contribution in [0.2, 0.25) is 0 Å². The summed E-state index contributed by atoms with van der Waals surface area (Å²) >= 11 is 0. The molecule has 1 saturated heterocycles. The van der Waals surface area contributed by atoms with Crippen molar-refractivity contribution in [2.75, 3.05) is 32.0 Å². The molecular weight excluding hydrogens is 224 g/mol. The van der Waals surface area contributed by atoms with Crippen molar-refractivity contribution in [3.8, 4) is 6.07 Å². The van der Waals surface area contributed by atoms with Crippen LogP contribution in [0.3, 0.4) is 0 Å². The Morgan fingerprint density at radius 2 is 2.22 bits per heavy atom. The lowest BCUT2D eigenvalue weighted by Crippen LogP contribution is -2.30. The van der Waals surface area contributed by atoms with Crippen molar-refractivity contribution in [1.29, 1.82) is 5.26 Å². The largest absolute Gasteiger partial charge is 0.384 e. The van der Waals surface area contributed by atoms with Gasteiger partial charge in [-0.25, -0.2) is 4.98 Å². The van der Waals surface area contributed by atoms with E-state index < -0.39 is 0 Å². The van der Waals surface area contributed by atoms with E-state index in [0.29, 0.717) is 5.69 Å². The number of pyridine rings is 1. The van der Waals surface area contributed by atoms with Crippen LogP contribution in [0.15, 0.2) is 18.3 Å². The van der Waals surface area contributed by atoms with Gasteiger partial charge in [-0.15, -0.1) is 0 Å². The maximum atomic E-state index is 8.66. The zero-order valence-corrected chi connectivity index (χ0v) is 10.9. The molecule has 1 aromatic rings. The van der Waals surface area contributed by atoms with Crippen molar-refractivity contribution in [3.63, 3.8) is 0 Å². The van der Waals surface area contributed by atoms with Crippen molar-refractivity contribution in [1.82, 2.24) is 9.88 Å². The Hall–Kier alpha value is -1.60. The van der Waals surface area contributed by atoms with Gasteiger partial charge in [-0.2, -0.15) is 5.26 Å². The smallest absolute Gasteiger partial charge is 0.140 e. The van der Waals surface area contributed by atoms with Crippen LogP contribution in [0.4, 0.5) is 5.69 Å². The second-order valence-corrected chi connectivity index (χ2v) is 5.01. The zero-order valence-electron chi connectivity index (χ0n) is 10.9. The molecule has 18 heavy (non-hydrogen) atoms. The minimum Gasteiger partial charge on any atom is -0.384 e. The van der Waals surface area contributed by atoms with Crippen molar-refractivity contribution in [3.05, 3.63) is 24.0 Å². The summed E-state index contributed by atoms with van der Waals surface area (Å²) in [4.78, 5) is 6.44. The van der Waals surface area contributed by atoms with Crippen LogP contribution >= 0.6 is 0 Å². The SMILES string of the molecule is CN1CCC(CCNc2ccc(C#N)nc2)CC1. The fourth-order valence-electron chi connectivity index (χ4n) is 2.34. The predicted molar refractivity (Wildman–Crippen MR) is 72.3 cm³/mol. The molecule has 96 valence electrons. The lowest BCUT2D eigenvalue weighted by atomic mass is 9.94. The molecule has 1 aromatic heterocycles. The number of aromatic nitrogens is 1. The van der Waals surface area contributed by atoms with Gasteiger partial charge >= 0.3 is 0 Å². The second-order valence-electron chi connectivity index (χ2n) is 5.01. The van der Waals surface area contributed by atoms with Crippen molar-refractivity contribution >= 4 is 5.69 Å². The molecule has 0 amide bonds. The highest BCUT2D eigenvalue weighted by atomic mass is 15.1. The summed E-state index contributed by atoms with van der Waals surface area (Å²) in [5, 5.41) is 12.0. The number of nitrogens with zero attached hydrogens (tertiary/aromatic N) is 3. The van der Waals surface area contributed by atoms with Gasteiger partial charge < -0.3 is 10.2 Å². The summed E-state index contributed by atoms with van der Waals surface area (Å²) in [5.41, 5.74) is 1.47. The fourth-order valence-corrected chi connectivity index (χ4v) is 2.34. The molecule has 0 spiro atoms. The Kier molecular flexibility index (Phi) is 4.54. The molecular formula is C14H20N4. The molecule has 1 N–H and O–H groups in total. The van der Waals surface area contributed by atoms with E-state index in [9.17, 15) is 0 Å². The summed E-state index contributed by atoms with van der Waals surface area (Å²) in [6.07, 6.45) is 5.56. The first-order chi connectivity index (χ1) is 8.78. The van der Waals surface area contributed by atoms with E-state index in [4.69, 9.17) is 5.26 Å². The Balaban J connectivity index is 1.70. The minimum atomic E-state index is 0.468. The lowest BCUT2D eigenvalue weighted by molar-refractivity contribution is 0.215. The highest BCUT2D eigenvalue weighted by Gasteiger charge is 2.15. The van der Waals surface area contributed by atoms with Gasteiger partial charge in [0.05, 0.1) is 11.9 Å². The van der Waals surface area contributed by atoms with E-state index in [1.165, 1.54) is 32.4 Å². The van der Waals surface area contributed by atoms with Crippen LogP contribution in [0, 0.1) is 17.2 Å². The summed E-state index contributed by atoms with van der Waals surface area (Å²) in [5.74, 6) is 0.847. The maximum absolute atomic E-state index is 8.66. The summed E-state index contributed by atoms with van der Waals surface area (Å²) < 4.78 is 0. The number of rotatable bonds is 4. The van der Waals surface area contributed by atoms with Gasteiger partial charge in [-0.1, -0.05) is 0 Å². The van der Waals surface area contributed by atoms with Gasteiger partial charge in [0, 0.05) is 6.54 Å². The van der Waals surface area contributed by atoms with Crippen molar-refractivity contribution < 1.29 is 0 Å². The first-order valence-electron chi connectivity index (χ1n) is 6.56. The Labute approximate surface area is 109 Å². The molecule has 2 heterocycles. The van der Waals surface area contributed by atoms with Crippen LogP contribution < -0.4 is 5.32 Å². The Morgan fingerprint density at radius 3 is 2.83 bits per heavy atom. The van der Waals surface area contributed by atoms with E-state index in [2.05, 4.69) is 22.2 Å². The van der Waals surface area contributed by atoms with Crippen LogP contribution in [-0.4, -0.2) is 36.6 Å². The maximum Gasteiger partial charge on any atom is 0.140 e. The third-order valence-corrected chi connectivity index (χ3v) is 3.60. The molecule has 4 nitrogen and oxygen atoms in total. The fraction of sp³-hybridized carbons (Fsp3) is 0.571. The molecule has 2 rings (SSSR count). The topological polar surface area (TPSA) is 52.0 Å². The molecule has 1 aliphatic rings. The number of hydrogen-bond acceptors (Lipinski definition) is 4. The summed E-state index contributed by atoms with van der Waals surface area (Å²) in [7, 11) is 2.19. The number of nitriles is 1. The number of likely N-dealkylation sites (tertiary alicyclic amines) is 1. The molecule has 0 aliphatic carbocycles. The molecule has 0 unspecified atom stereocenters. The highest BCUT2D eigenvalue weighted by molar-refractivity contribution is 5.42. The van der Waals surface area contributed by atoms with E-state index in [0.717, 1.165) is 18.2 Å². The molecule has 0 bridgehead atoms. The van der Waals surface area contributed by atoms with Crippen LogP contribution in [0.1, 0.15) is 25.0 Å². The first-order valence-corrected chi connectivity index (χ1v) is 6.56. The van der Waals surface area contributed by atoms with Crippen LogP contribution in [0.5, 0.6) is 0 Å². The monoisotopic (exact) mass is 244 g/mol. The van der Waals surface area contributed by atoms with E-state index in [-0.39, 0.29) is 0 Å². The second kappa shape index (κ2) is 6.36. The molecule has 0 saturated carbocycles. The third-order valence-electron chi connectivity index (χ3n) is 3.60. The van der Waals surface area contributed by atoms with E-state index in [1.807, 2.05) is 12.1 Å². The quantitative estimate of drug-likeness (QED) is 0.881. The minimum absolute atomic E-state index is 0.468. The number of hydrogen-bond donors (Lipinski definition) is 1. The number of anilines is 1. The van der Waals surface area contributed by atoms with Gasteiger partial charge in [0.1, 0.15) is 11.8 Å². The standard InChI is InChI=1S/C14H20N4/c1-18-8-5-12(6-9-18)4-7-16-14-3-2-13(10-15)17-11-14/h2-3,11-12,16H,4-9H2,1H3. The molecule has 0 radical (unpaired) electrons. The van der Waals surface area contributed by atoms with Gasteiger partial charge in [0.25, 0.3) is 0 Å². The first kappa shape index (κ1) is 12.8. The lowest BCUT2D eigenvalue weighted by Gasteiger charge is -2.28. The van der Waals surface area contributed by atoms with E-state index in [1.54, 1.807) is 12.3 Å². The van der Waals surface area contributed by atoms with Gasteiger partial charge in [0.2, 0.25) is 0 Å². The predicted octanol–water partition coefficient (Wildman–Crippen LogP) is 2.10. The van der Waals surface area contributed by atoms with E-state index >= 15 is 0 Å². The van der Waals surface area contributed by atoms with Crippen LogP contribution in [0.25, 0.3) is 0 Å². The third kappa shape index (κ3) is 3.71. The molecule has 0 aromatic carbocycles. The average molecular weight is 244 g/mol. The molecule has 0 atom stereocenters. The van der Waals surface area contributed by atoms with Crippen molar-refractivity contribution in [2.24, 2.45) is 5.92 Å². The summed E-state index contributed by atoms with van der Waals surface area (Å²) in [6.45, 7) is 3.44. The molecule has 1 aliphatic heterocycles. The van der Waals surface area contributed by atoms with Gasteiger partial charge in [-0.05, 0) is 57.5 Å². The highest BCUT2D eigenvalue weighted by Crippen LogP contribution is 2.19. The van der Waals surface area contributed by atoms with Gasteiger partial charge in [-0.3, -0.25) is 0 Å². The Bertz CT molecular complexity index is 399. The molecule has 1 fully saturated rings. The number of nitrogens with one attached hydrogen (secondary N) is 1. The summed E-state index contributed by atoms with van der Waals surface area (Å²) in [6, 6.07) is 5.69. The normalized spacial score (nSPS) is 17.3. The number of piperidine rings is 1.